The van der Waals surface area contributed by atoms with E-state index in [2.05, 4.69) is 70.7 Å². The molecule has 5 rings (SSSR count). The number of hydrogen-bond acceptors (Lipinski definition) is 3. The molecule has 1 aliphatic heterocycles. The summed E-state index contributed by atoms with van der Waals surface area (Å²) in [6, 6.07) is 10.8. The number of aromatic nitrogens is 4. The van der Waals surface area contributed by atoms with Crippen LogP contribution in [-0.4, -0.2) is 44.6 Å². The highest BCUT2D eigenvalue weighted by Gasteiger charge is 2.16. The highest BCUT2D eigenvalue weighted by atomic mass is 15.1. The maximum absolute atomic E-state index is 4.91. The monoisotopic (exact) mass is 415 g/mol. The molecule has 2 aromatic carbocycles. The van der Waals surface area contributed by atoms with E-state index in [-0.39, 0.29) is 0 Å². The van der Waals surface area contributed by atoms with E-state index in [4.69, 9.17) is 4.98 Å². The maximum atomic E-state index is 4.91. The van der Waals surface area contributed by atoms with Crippen LogP contribution in [0.2, 0.25) is 0 Å². The fourth-order valence-corrected chi connectivity index (χ4v) is 4.90. The number of nitrogens with zero attached hydrogens (tertiary/aromatic N) is 4. The van der Waals surface area contributed by atoms with Crippen LogP contribution in [0.1, 0.15) is 43.2 Å². The smallest absolute Gasteiger partial charge is 0.138 e. The maximum Gasteiger partial charge on any atom is 0.138 e. The van der Waals surface area contributed by atoms with Crippen molar-refractivity contribution in [2.75, 3.05) is 20.1 Å². The molecule has 0 aliphatic carbocycles. The van der Waals surface area contributed by atoms with Gasteiger partial charge < -0.3 is 14.5 Å². The molecule has 0 bridgehead atoms. The second-order valence-corrected chi connectivity index (χ2v) is 9.37. The fourth-order valence-electron chi connectivity index (χ4n) is 4.90. The third-order valence-corrected chi connectivity index (χ3v) is 7.17. The van der Waals surface area contributed by atoms with Crippen molar-refractivity contribution in [1.82, 2.24) is 24.4 Å². The predicted octanol–water partition coefficient (Wildman–Crippen LogP) is 5.71. The summed E-state index contributed by atoms with van der Waals surface area (Å²) in [5.41, 5.74) is 8.06. The number of likely N-dealkylation sites (tertiary alicyclic amines) is 1. The molecule has 1 N–H and O–H groups in total. The molecule has 31 heavy (non-hydrogen) atoms. The quantitative estimate of drug-likeness (QED) is 0.410. The average molecular weight is 416 g/mol. The minimum atomic E-state index is 0.919. The Morgan fingerprint density at radius 2 is 1.90 bits per heavy atom. The van der Waals surface area contributed by atoms with Crippen LogP contribution < -0.4 is 0 Å². The molecular formula is C26H33N5. The molecule has 0 unspecified atom stereocenters. The molecule has 1 aliphatic rings. The van der Waals surface area contributed by atoms with Crippen molar-refractivity contribution >= 4 is 22.1 Å². The van der Waals surface area contributed by atoms with E-state index in [1.165, 1.54) is 61.8 Å². The first-order valence-electron chi connectivity index (χ1n) is 11.7. The van der Waals surface area contributed by atoms with Gasteiger partial charge in [-0.05, 0) is 94.6 Å². The molecule has 5 heteroatoms. The number of benzene rings is 2. The lowest BCUT2D eigenvalue weighted by Gasteiger charge is -2.28. The zero-order valence-corrected chi connectivity index (χ0v) is 19.0. The molecule has 1 saturated heterocycles. The summed E-state index contributed by atoms with van der Waals surface area (Å²) in [4.78, 5) is 15.5. The number of aryl methyl sites for hydroxylation is 3. The second-order valence-electron chi connectivity index (χ2n) is 9.37. The summed E-state index contributed by atoms with van der Waals surface area (Å²) in [7, 11) is 2.24. The van der Waals surface area contributed by atoms with Gasteiger partial charge in [-0.3, -0.25) is 0 Å². The van der Waals surface area contributed by atoms with Crippen molar-refractivity contribution in [2.24, 2.45) is 5.92 Å². The van der Waals surface area contributed by atoms with Crippen LogP contribution in [0, 0.1) is 19.8 Å². The summed E-state index contributed by atoms with van der Waals surface area (Å²) in [6.07, 6.45) is 8.61. The van der Waals surface area contributed by atoms with E-state index in [0.717, 1.165) is 40.4 Å². The number of hydrogen-bond donors (Lipinski definition) is 1. The van der Waals surface area contributed by atoms with E-state index < -0.39 is 0 Å². The Labute approximate surface area is 184 Å². The fraction of sp³-hybridized carbons (Fsp3) is 0.462. The standard InChI is InChI=1S/C26H33N5/c1-18-7-9-23-25(19(18)2)29-26(28-23)21-8-10-22-24(16-21)31(17-27-22)13-5-4-6-20-11-14-30(3)15-12-20/h7-10,16-17,20H,4-6,11-15H2,1-3H3,(H,28,29). The molecular weight excluding hydrogens is 382 g/mol. The van der Waals surface area contributed by atoms with Crippen molar-refractivity contribution in [3.8, 4) is 11.4 Å². The zero-order chi connectivity index (χ0) is 21.4. The van der Waals surface area contributed by atoms with E-state index in [1.807, 2.05) is 6.33 Å². The Kier molecular flexibility index (Phi) is 5.53. The first-order chi connectivity index (χ1) is 15.1. The number of H-pyrrole nitrogens is 1. The van der Waals surface area contributed by atoms with E-state index in [0.29, 0.717) is 0 Å². The molecule has 0 spiro atoms. The van der Waals surface area contributed by atoms with Crippen LogP contribution in [0.5, 0.6) is 0 Å². The van der Waals surface area contributed by atoms with Crippen molar-refractivity contribution in [1.29, 1.82) is 0 Å². The van der Waals surface area contributed by atoms with E-state index in [9.17, 15) is 0 Å². The lowest BCUT2D eigenvalue weighted by atomic mass is 9.92. The number of nitrogens with one attached hydrogen (secondary N) is 1. The molecule has 2 aromatic heterocycles. The molecule has 5 nitrogen and oxygen atoms in total. The van der Waals surface area contributed by atoms with Crippen LogP contribution in [0.3, 0.4) is 0 Å². The average Bonchev–Trinajstić information content (AvgIpc) is 3.39. The molecule has 0 atom stereocenters. The molecule has 0 saturated carbocycles. The summed E-state index contributed by atoms with van der Waals surface area (Å²) in [6.45, 7) is 7.85. The molecule has 3 heterocycles. The van der Waals surface area contributed by atoms with Gasteiger partial charge in [-0.25, -0.2) is 9.97 Å². The number of rotatable bonds is 6. The number of imidazole rings is 2. The van der Waals surface area contributed by atoms with Crippen molar-refractivity contribution in [2.45, 2.75) is 52.5 Å². The molecule has 0 radical (unpaired) electrons. The van der Waals surface area contributed by atoms with Crippen molar-refractivity contribution in [3.05, 3.63) is 47.8 Å². The van der Waals surface area contributed by atoms with Crippen molar-refractivity contribution in [3.63, 3.8) is 0 Å². The predicted molar refractivity (Wildman–Crippen MR) is 128 cm³/mol. The first-order valence-corrected chi connectivity index (χ1v) is 11.7. The molecule has 162 valence electrons. The Bertz CT molecular complexity index is 1190. The second kappa shape index (κ2) is 8.46. The van der Waals surface area contributed by atoms with Gasteiger partial charge in [0.05, 0.1) is 28.4 Å². The Hall–Kier alpha value is -2.66. The lowest BCUT2D eigenvalue weighted by Crippen LogP contribution is -2.30. The van der Waals surface area contributed by atoms with Gasteiger partial charge >= 0.3 is 0 Å². The van der Waals surface area contributed by atoms with Gasteiger partial charge in [0.1, 0.15) is 5.82 Å². The lowest BCUT2D eigenvalue weighted by molar-refractivity contribution is 0.209. The molecule has 4 aromatic rings. The first kappa shape index (κ1) is 20.3. The Balaban J connectivity index is 1.30. The van der Waals surface area contributed by atoms with Crippen LogP contribution in [0.25, 0.3) is 33.5 Å². The van der Waals surface area contributed by atoms with Gasteiger partial charge in [-0.2, -0.15) is 0 Å². The molecule has 1 fully saturated rings. The third-order valence-electron chi connectivity index (χ3n) is 7.17. The number of unbranched alkanes of at least 4 members (excludes halogenated alkanes) is 1. The zero-order valence-electron chi connectivity index (χ0n) is 19.0. The van der Waals surface area contributed by atoms with Crippen LogP contribution >= 0.6 is 0 Å². The summed E-state index contributed by atoms with van der Waals surface area (Å²) < 4.78 is 2.31. The largest absolute Gasteiger partial charge is 0.338 e. The highest BCUT2D eigenvalue weighted by molar-refractivity contribution is 5.86. The Morgan fingerprint density at radius 3 is 2.74 bits per heavy atom. The minimum absolute atomic E-state index is 0.919. The van der Waals surface area contributed by atoms with Crippen LogP contribution in [0.4, 0.5) is 0 Å². The summed E-state index contributed by atoms with van der Waals surface area (Å²) in [5.74, 6) is 1.85. The number of piperidine rings is 1. The topological polar surface area (TPSA) is 49.7 Å². The van der Waals surface area contributed by atoms with Crippen LogP contribution in [0.15, 0.2) is 36.7 Å². The SMILES string of the molecule is Cc1ccc2[nH]c(-c3ccc4ncn(CCCCC5CCN(C)CC5)c4c3)nc2c1C. The minimum Gasteiger partial charge on any atom is -0.338 e. The van der Waals surface area contributed by atoms with Crippen LogP contribution in [-0.2, 0) is 6.54 Å². The number of fused-ring (bicyclic) bond motifs is 2. The molecule has 0 amide bonds. The van der Waals surface area contributed by atoms with E-state index in [1.54, 1.807) is 0 Å². The summed E-state index contributed by atoms with van der Waals surface area (Å²) >= 11 is 0. The normalized spacial score (nSPS) is 16.0. The van der Waals surface area contributed by atoms with Gasteiger partial charge in [0.15, 0.2) is 0 Å². The van der Waals surface area contributed by atoms with E-state index >= 15 is 0 Å². The third kappa shape index (κ3) is 4.11. The Morgan fingerprint density at radius 1 is 1.06 bits per heavy atom. The van der Waals surface area contributed by atoms with Gasteiger partial charge in [-0.15, -0.1) is 0 Å². The van der Waals surface area contributed by atoms with Crippen molar-refractivity contribution < 1.29 is 0 Å². The van der Waals surface area contributed by atoms with Gasteiger partial charge in [0, 0.05) is 12.1 Å². The van der Waals surface area contributed by atoms with Gasteiger partial charge in [-0.1, -0.05) is 18.9 Å². The summed E-state index contributed by atoms with van der Waals surface area (Å²) in [5, 5.41) is 0. The van der Waals surface area contributed by atoms with Gasteiger partial charge in [0.25, 0.3) is 0 Å². The number of aromatic amines is 1. The highest BCUT2D eigenvalue weighted by Crippen LogP contribution is 2.27. The van der Waals surface area contributed by atoms with Gasteiger partial charge in [0.2, 0.25) is 0 Å².